The first-order valence-corrected chi connectivity index (χ1v) is 3.99. The van der Waals surface area contributed by atoms with Crippen molar-refractivity contribution in [1.82, 2.24) is 4.98 Å². The van der Waals surface area contributed by atoms with E-state index >= 15 is 0 Å². The maximum atomic E-state index is 10.6. The van der Waals surface area contributed by atoms with Crippen molar-refractivity contribution >= 4 is 12.3 Å². The van der Waals surface area contributed by atoms with Crippen LogP contribution in [0.2, 0.25) is 0 Å². The zero-order valence-corrected chi connectivity index (χ0v) is 7.51. The van der Waals surface area contributed by atoms with Crippen LogP contribution >= 0.6 is 0 Å². The lowest BCUT2D eigenvalue weighted by atomic mass is 10.1. The Hall–Kier alpha value is -1.58. The first-order valence-electron chi connectivity index (χ1n) is 3.99. The second-order valence-corrected chi connectivity index (χ2v) is 2.78. The van der Waals surface area contributed by atoms with Gasteiger partial charge in [-0.1, -0.05) is 6.92 Å². The Morgan fingerprint density at radius 1 is 1.62 bits per heavy atom. The highest BCUT2D eigenvalue weighted by atomic mass is 16.4. The monoisotopic (exact) mass is 180 g/mol. The van der Waals surface area contributed by atoms with Crippen LogP contribution in [0.15, 0.2) is 0 Å². The summed E-state index contributed by atoms with van der Waals surface area (Å²) in [5.41, 5.74) is 1.66. The van der Waals surface area contributed by atoms with Gasteiger partial charge in [0.25, 0.3) is 0 Å². The van der Waals surface area contributed by atoms with Crippen molar-refractivity contribution < 1.29 is 14.7 Å². The van der Waals surface area contributed by atoms with Gasteiger partial charge in [0.1, 0.15) is 0 Å². The summed E-state index contributed by atoms with van der Waals surface area (Å²) < 4.78 is 0. The van der Waals surface area contributed by atoms with E-state index in [0.717, 1.165) is 5.56 Å². The average Bonchev–Trinajstić information content (AvgIpc) is 2.41. The number of aromatic amines is 1. The third-order valence-corrected chi connectivity index (χ3v) is 2.09. The molecular formula is C9H10NO3-. The maximum Gasteiger partial charge on any atom is 0.166 e. The van der Waals surface area contributed by atoms with E-state index in [4.69, 9.17) is 0 Å². The Balaban J connectivity index is 3.34. The summed E-state index contributed by atoms with van der Waals surface area (Å²) in [6, 6.07) is 0. The number of carbonyl (C=O) groups excluding carboxylic acids is 2. The third-order valence-electron chi connectivity index (χ3n) is 2.09. The molecule has 0 unspecified atom stereocenters. The zero-order chi connectivity index (χ0) is 10.0. The number of carboxylic acid groups (broad SMARTS) is 1. The van der Waals surface area contributed by atoms with Crippen LogP contribution in [0.1, 0.15) is 39.0 Å². The molecule has 0 fully saturated rings. The average molecular weight is 180 g/mol. The van der Waals surface area contributed by atoms with E-state index in [2.05, 4.69) is 4.98 Å². The number of carboxylic acids is 1. The Morgan fingerprint density at radius 3 is 2.54 bits per heavy atom. The fourth-order valence-corrected chi connectivity index (χ4v) is 1.42. The van der Waals surface area contributed by atoms with Gasteiger partial charge in [0.15, 0.2) is 6.29 Å². The van der Waals surface area contributed by atoms with Gasteiger partial charge in [0, 0.05) is 0 Å². The van der Waals surface area contributed by atoms with Crippen LogP contribution in [0.3, 0.4) is 0 Å². The zero-order valence-electron chi connectivity index (χ0n) is 7.51. The molecule has 1 heterocycles. The number of aromatic nitrogens is 1. The molecule has 4 heteroatoms. The molecule has 0 radical (unpaired) electrons. The molecule has 0 amide bonds. The summed E-state index contributed by atoms with van der Waals surface area (Å²) in [5.74, 6) is -1.28. The van der Waals surface area contributed by atoms with Crippen molar-refractivity contribution in [2.24, 2.45) is 0 Å². The Kier molecular flexibility index (Phi) is 2.51. The Morgan fingerprint density at radius 2 is 2.23 bits per heavy atom. The molecule has 1 aromatic rings. The van der Waals surface area contributed by atoms with E-state index in [1.54, 1.807) is 6.92 Å². The Labute approximate surface area is 75.6 Å². The van der Waals surface area contributed by atoms with Crippen LogP contribution in [0.25, 0.3) is 0 Å². The van der Waals surface area contributed by atoms with Crippen molar-refractivity contribution in [3.63, 3.8) is 0 Å². The minimum Gasteiger partial charge on any atom is -0.543 e. The van der Waals surface area contributed by atoms with Gasteiger partial charge in [-0.2, -0.15) is 0 Å². The van der Waals surface area contributed by atoms with Gasteiger partial charge < -0.3 is 14.9 Å². The summed E-state index contributed by atoms with van der Waals surface area (Å²) >= 11 is 0. The largest absolute Gasteiger partial charge is 0.543 e. The van der Waals surface area contributed by atoms with E-state index in [9.17, 15) is 14.7 Å². The van der Waals surface area contributed by atoms with E-state index in [0.29, 0.717) is 24.0 Å². The smallest absolute Gasteiger partial charge is 0.166 e. The molecule has 1 rings (SSSR count). The number of aromatic carboxylic acids is 1. The molecule has 70 valence electrons. The first kappa shape index (κ1) is 9.51. The predicted molar refractivity (Wildman–Crippen MR) is 44.6 cm³/mol. The van der Waals surface area contributed by atoms with Gasteiger partial charge in [0.2, 0.25) is 0 Å². The summed E-state index contributed by atoms with van der Waals surface area (Å²) in [5, 5.41) is 10.6. The molecule has 0 spiro atoms. The lowest BCUT2D eigenvalue weighted by molar-refractivity contribution is -0.255. The summed E-state index contributed by atoms with van der Waals surface area (Å²) in [4.78, 5) is 23.6. The van der Waals surface area contributed by atoms with E-state index < -0.39 is 5.97 Å². The van der Waals surface area contributed by atoms with E-state index in [-0.39, 0.29) is 5.69 Å². The molecular weight excluding hydrogens is 170 g/mol. The fraction of sp³-hybridized carbons (Fsp3) is 0.333. The van der Waals surface area contributed by atoms with Crippen LogP contribution in [0.4, 0.5) is 0 Å². The number of carbonyl (C=O) groups is 2. The van der Waals surface area contributed by atoms with Crippen molar-refractivity contribution in [1.29, 1.82) is 0 Å². The van der Waals surface area contributed by atoms with Crippen LogP contribution in [-0.4, -0.2) is 17.2 Å². The first-order chi connectivity index (χ1) is 6.11. The maximum absolute atomic E-state index is 10.6. The molecule has 13 heavy (non-hydrogen) atoms. The SMILES string of the molecule is CCc1c(C=O)[nH]c(C(=O)[O-])c1C. The number of hydrogen-bond donors (Lipinski definition) is 1. The molecule has 0 aliphatic carbocycles. The van der Waals surface area contributed by atoms with Gasteiger partial charge in [-0.05, 0) is 24.5 Å². The highest BCUT2D eigenvalue weighted by molar-refractivity contribution is 5.89. The van der Waals surface area contributed by atoms with Gasteiger partial charge in [-0.3, -0.25) is 4.79 Å². The van der Waals surface area contributed by atoms with E-state index in [1.165, 1.54) is 0 Å². The number of rotatable bonds is 3. The predicted octanol–water partition coefficient (Wildman–Crippen LogP) is 0.0615. The number of H-pyrrole nitrogens is 1. The van der Waals surface area contributed by atoms with Crippen LogP contribution < -0.4 is 5.11 Å². The second kappa shape index (κ2) is 3.43. The molecule has 0 atom stereocenters. The van der Waals surface area contributed by atoms with Crippen LogP contribution in [0.5, 0.6) is 0 Å². The molecule has 1 N–H and O–H groups in total. The van der Waals surface area contributed by atoms with Crippen molar-refractivity contribution in [2.75, 3.05) is 0 Å². The fourth-order valence-electron chi connectivity index (χ4n) is 1.42. The third kappa shape index (κ3) is 1.47. The minimum absolute atomic E-state index is 0.000972. The molecule has 0 aromatic carbocycles. The highest BCUT2D eigenvalue weighted by Crippen LogP contribution is 2.16. The number of hydrogen-bond acceptors (Lipinski definition) is 3. The lowest BCUT2D eigenvalue weighted by Gasteiger charge is -2.00. The number of aldehydes is 1. The number of nitrogens with one attached hydrogen (secondary N) is 1. The van der Waals surface area contributed by atoms with Gasteiger partial charge in [0.05, 0.1) is 17.4 Å². The highest BCUT2D eigenvalue weighted by Gasteiger charge is 2.11. The van der Waals surface area contributed by atoms with Crippen LogP contribution in [0, 0.1) is 6.92 Å². The van der Waals surface area contributed by atoms with Gasteiger partial charge in [-0.15, -0.1) is 0 Å². The normalized spacial score (nSPS) is 10.0. The molecule has 0 bridgehead atoms. The molecule has 0 aliphatic heterocycles. The lowest BCUT2D eigenvalue weighted by Crippen LogP contribution is -2.23. The molecule has 4 nitrogen and oxygen atoms in total. The molecule has 0 saturated carbocycles. The summed E-state index contributed by atoms with van der Waals surface area (Å²) in [6.45, 7) is 3.52. The Bertz CT molecular complexity index is 352. The van der Waals surface area contributed by atoms with Gasteiger partial charge >= 0.3 is 0 Å². The van der Waals surface area contributed by atoms with Crippen molar-refractivity contribution in [3.05, 3.63) is 22.5 Å². The topological polar surface area (TPSA) is 73.0 Å². The molecule has 0 saturated heterocycles. The standard InChI is InChI=1S/C9H11NO3/c1-3-6-5(2)8(9(12)13)10-7(6)4-11/h4,10H,3H2,1-2H3,(H,12,13)/p-1. The van der Waals surface area contributed by atoms with Crippen LogP contribution in [-0.2, 0) is 6.42 Å². The molecule has 0 aliphatic rings. The van der Waals surface area contributed by atoms with Crippen molar-refractivity contribution in [2.45, 2.75) is 20.3 Å². The quantitative estimate of drug-likeness (QED) is 0.668. The van der Waals surface area contributed by atoms with E-state index in [1.807, 2.05) is 6.92 Å². The van der Waals surface area contributed by atoms with Crippen molar-refractivity contribution in [3.8, 4) is 0 Å². The summed E-state index contributed by atoms with van der Waals surface area (Å²) in [6.07, 6.45) is 1.25. The van der Waals surface area contributed by atoms with Gasteiger partial charge in [-0.25, -0.2) is 0 Å². The summed E-state index contributed by atoms with van der Waals surface area (Å²) in [7, 11) is 0. The molecule has 1 aromatic heterocycles. The minimum atomic E-state index is -1.28. The second-order valence-electron chi connectivity index (χ2n) is 2.78.